The Balaban J connectivity index is 0.000000121. The fourth-order valence-electron chi connectivity index (χ4n) is 2.35. The number of para-hydroxylation sites is 1. The zero-order valence-corrected chi connectivity index (χ0v) is 11.5. The second-order valence-electron chi connectivity index (χ2n) is 4.83. The topological polar surface area (TPSA) is 4.93 Å². The highest BCUT2D eigenvalue weighted by molar-refractivity contribution is 5.82. The normalized spacial score (nSPS) is 10.2. The fraction of sp³-hybridized carbons (Fsp3) is 0.0526. The molecular formula is C19H17N. The van der Waals surface area contributed by atoms with Crippen molar-refractivity contribution < 1.29 is 0 Å². The van der Waals surface area contributed by atoms with E-state index in [9.17, 15) is 0 Å². The Bertz CT molecular complexity index is 762. The Kier molecular flexibility index (Phi) is 3.51. The zero-order valence-electron chi connectivity index (χ0n) is 11.5. The lowest BCUT2D eigenvalue weighted by Crippen LogP contribution is -1.81. The SMILES string of the molecule is Cn1ccc2ccccc21.c1ccc2ccccc2c1. The van der Waals surface area contributed by atoms with E-state index in [1.54, 1.807) is 0 Å². The molecule has 1 heteroatoms. The number of fused-ring (bicyclic) bond motifs is 2. The van der Waals surface area contributed by atoms with Gasteiger partial charge in [-0.1, -0.05) is 66.7 Å². The summed E-state index contributed by atoms with van der Waals surface area (Å²) in [5, 5.41) is 3.93. The Morgan fingerprint density at radius 2 is 1.00 bits per heavy atom. The van der Waals surface area contributed by atoms with Crippen LogP contribution in [0.4, 0.5) is 0 Å². The number of hydrogen-bond acceptors (Lipinski definition) is 0. The van der Waals surface area contributed by atoms with E-state index >= 15 is 0 Å². The third-order valence-electron chi connectivity index (χ3n) is 3.45. The predicted octanol–water partition coefficient (Wildman–Crippen LogP) is 5.02. The Morgan fingerprint density at radius 3 is 1.50 bits per heavy atom. The van der Waals surface area contributed by atoms with Gasteiger partial charge in [0.15, 0.2) is 0 Å². The summed E-state index contributed by atoms with van der Waals surface area (Å²) in [5.41, 5.74) is 1.29. The number of aryl methyl sites for hydroxylation is 1. The van der Waals surface area contributed by atoms with Crippen LogP contribution in [0.2, 0.25) is 0 Å². The van der Waals surface area contributed by atoms with Crippen molar-refractivity contribution >= 4 is 21.7 Å². The van der Waals surface area contributed by atoms with Crippen molar-refractivity contribution in [3.05, 3.63) is 85.1 Å². The molecule has 20 heavy (non-hydrogen) atoms. The van der Waals surface area contributed by atoms with Gasteiger partial charge in [0.25, 0.3) is 0 Å². The molecule has 1 aromatic heterocycles. The van der Waals surface area contributed by atoms with E-state index in [-0.39, 0.29) is 0 Å². The van der Waals surface area contributed by atoms with Gasteiger partial charge in [0.1, 0.15) is 0 Å². The monoisotopic (exact) mass is 259 g/mol. The highest BCUT2D eigenvalue weighted by atomic mass is 14.9. The summed E-state index contributed by atoms with van der Waals surface area (Å²) >= 11 is 0. The molecule has 1 heterocycles. The molecule has 0 saturated carbocycles. The molecule has 0 saturated heterocycles. The zero-order chi connectivity index (χ0) is 13.8. The second-order valence-corrected chi connectivity index (χ2v) is 4.83. The third-order valence-corrected chi connectivity index (χ3v) is 3.45. The molecule has 0 N–H and O–H groups in total. The van der Waals surface area contributed by atoms with Gasteiger partial charge in [0.05, 0.1) is 0 Å². The Morgan fingerprint density at radius 1 is 0.550 bits per heavy atom. The minimum absolute atomic E-state index is 1.29. The molecule has 4 aromatic rings. The standard InChI is InChI=1S/C10H8.C9H9N/c1-2-6-10-8-4-3-7-9(10)5-1;1-10-7-6-8-4-2-3-5-9(8)10/h1-8H;2-7H,1H3. The maximum Gasteiger partial charge on any atom is 0.0477 e. The van der Waals surface area contributed by atoms with Gasteiger partial charge < -0.3 is 4.57 Å². The maximum atomic E-state index is 2.12. The van der Waals surface area contributed by atoms with Gasteiger partial charge in [0, 0.05) is 18.8 Å². The molecule has 4 rings (SSSR count). The van der Waals surface area contributed by atoms with Crippen LogP contribution in [0.25, 0.3) is 21.7 Å². The molecule has 0 aliphatic heterocycles. The number of rotatable bonds is 0. The van der Waals surface area contributed by atoms with E-state index in [0.29, 0.717) is 0 Å². The van der Waals surface area contributed by atoms with E-state index in [1.807, 2.05) is 0 Å². The van der Waals surface area contributed by atoms with E-state index in [0.717, 1.165) is 0 Å². The number of aromatic nitrogens is 1. The first-order chi connectivity index (χ1) is 9.84. The molecule has 0 bridgehead atoms. The maximum absolute atomic E-state index is 2.12. The molecule has 0 unspecified atom stereocenters. The second kappa shape index (κ2) is 5.62. The highest BCUT2D eigenvalue weighted by Gasteiger charge is 1.92. The summed E-state index contributed by atoms with van der Waals surface area (Å²) < 4.78 is 2.12. The summed E-state index contributed by atoms with van der Waals surface area (Å²) in [4.78, 5) is 0. The van der Waals surface area contributed by atoms with Crippen molar-refractivity contribution in [1.82, 2.24) is 4.57 Å². The minimum Gasteiger partial charge on any atom is -0.351 e. The first-order valence-corrected chi connectivity index (χ1v) is 6.78. The molecule has 0 fully saturated rings. The van der Waals surface area contributed by atoms with Gasteiger partial charge in [-0.2, -0.15) is 0 Å². The largest absolute Gasteiger partial charge is 0.351 e. The summed E-state index contributed by atoms with van der Waals surface area (Å²) in [6.07, 6.45) is 2.07. The number of benzene rings is 3. The van der Waals surface area contributed by atoms with Crippen LogP contribution >= 0.6 is 0 Å². The number of nitrogens with zero attached hydrogens (tertiary/aromatic N) is 1. The molecule has 0 aliphatic carbocycles. The first-order valence-electron chi connectivity index (χ1n) is 6.78. The van der Waals surface area contributed by atoms with Gasteiger partial charge in [0.2, 0.25) is 0 Å². The van der Waals surface area contributed by atoms with Gasteiger partial charge in [-0.25, -0.2) is 0 Å². The van der Waals surface area contributed by atoms with Crippen LogP contribution < -0.4 is 0 Å². The van der Waals surface area contributed by atoms with Crippen molar-refractivity contribution in [2.75, 3.05) is 0 Å². The average molecular weight is 259 g/mol. The summed E-state index contributed by atoms with van der Waals surface area (Å²) in [6, 6.07) is 27.2. The van der Waals surface area contributed by atoms with Crippen LogP contribution in [0.1, 0.15) is 0 Å². The lowest BCUT2D eigenvalue weighted by molar-refractivity contribution is 0.969. The van der Waals surface area contributed by atoms with Gasteiger partial charge in [-0.05, 0) is 28.3 Å². The summed E-state index contributed by atoms with van der Waals surface area (Å²) in [5.74, 6) is 0. The van der Waals surface area contributed by atoms with Crippen molar-refractivity contribution in [3.8, 4) is 0 Å². The van der Waals surface area contributed by atoms with E-state index in [1.165, 1.54) is 21.7 Å². The van der Waals surface area contributed by atoms with Crippen molar-refractivity contribution in [3.63, 3.8) is 0 Å². The smallest absolute Gasteiger partial charge is 0.0477 e. The molecule has 0 amide bonds. The van der Waals surface area contributed by atoms with Crippen molar-refractivity contribution in [1.29, 1.82) is 0 Å². The van der Waals surface area contributed by atoms with Crippen molar-refractivity contribution in [2.24, 2.45) is 7.05 Å². The quantitative estimate of drug-likeness (QED) is 0.418. The van der Waals surface area contributed by atoms with Crippen LogP contribution in [-0.2, 0) is 7.05 Å². The number of hydrogen-bond donors (Lipinski definition) is 0. The molecule has 3 aromatic carbocycles. The molecule has 0 aliphatic rings. The highest BCUT2D eigenvalue weighted by Crippen LogP contribution is 2.12. The van der Waals surface area contributed by atoms with Gasteiger partial charge in [-0.3, -0.25) is 0 Å². The molecule has 98 valence electrons. The minimum atomic E-state index is 1.29. The third kappa shape index (κ3) is 2.57. The molecule has 0 radical (unpaired) electrons. The molecule has 0 spiro atoms. The lowest BCUT2D eigenvalue weighted by Gasteiger charge is -1.92. The summed E-state index contributed by atoms with van der Waals surface area (Å²) in [6.45, 7) is 0. The van der Waals surface area contributed by atoms with E-state index < -0.39 is 0 Å². The first kappa shape index (κ1) is 12.5. The van der Waals surface area contributed by atoms with Crippen LogP contribution in [0.15, 0.2) is 85.1 Å². The summed E-state index contributed by atoms with van der Waals surface area (Å²) in [7, 11) is 2.06. The lowest BCUT2D eigenvalue weighted by atomic mass is 10.1. The molecular weight excluding hydrogens is 242 g/mol. The fourth-order valence-corrected chi connectivity index (χ4v) is 2.35. The van der Waals surface area contributed by atoms with Gasteiger partial charge >= 0.3 is 0 Å². The van der Waals surface area contributed by atoms with Crippen LogP contribution in [0.3, 0.4) is 0 Å². The van der Waals surface area contributed by atoms with Crippen LogP contribution in [0, 0.1) is 0 Å². The molecule has 1 nitrogen and oxygen atoms in total. The average Bonchev–Trinajstić information content (AvgIpc) is 2.90. The van der Waals surface area contributed by atoms with Crippen LogP contribution in [0.5, 0.6) is 0 Å². The van der Waals surface area contributed by atoms with Gasteiger partial charge in [-0.15, -0.1) is 0 Å². The predicted molar refractivity (Wildman–Crippen MR) is 86.9 cm³/mol. The van der Waals surface area contributed by atoms with Crippen LogP contribution in [-0.4, -0.2) is 4.57 Å². The van der Waals surface area contributed by atoms with E-state index in [2.05, 4.69) is 96.7 Å². The molecule has 0 atom stereocenters. The van der Waals surface area contributed by atoms with Crippen molar-refractivity contribution in [2.45, 2.75) is 0 Å². The Hall–Kier alpha value is -2.54. The Labute approximate surface area is 119 Å². The van der Waals surface area contributed by atoms with E-state index in [4.69, 9.17) is 0 Å².